The van der Waals surface area contributed by atoms with Gasteiger partial charge in [0.2, 0.25) is 5.91 Å². The van der Waals surface area contributed by atoms with E-state index in [1.54, 1.807) is 0 Å². The number of benzene rings is 1. The van der Waals surface area contributed by atoms with Crippen LogP contribution in [0.25, 0.3) is 0 Å². The number of hydrogen-bond donors (Lipinski definition) is 1. The Hall–Kier alpha value is -0.810. The molecule has 134 valence electrons. The number of halogens is 2. The van der Waals surface area contributed by atoms with Crippen molar-refractivity contribution < 1.29 is 4.79 Å². The van der Waals surface area contributed by atoms with E-state index in [0.717, 1.165) is 51.0 Å². The molecule has 1 aliphatic heterocycles. The summed E-state index contributed by atoms with van der Waals surface area (Å²) in [4.78, 5) is 16.8. The summed E-state index contributed by atoms with van der Waals surface area (Å²) in [5.41, 5.74) is 0.952. The highest BCUT2D eigenvalue weighted by molar-refractivity contribution is 6.35. The second-order valence-corrected chi connectivity index (χ2v) is 7.54. The van der Waals surface area contributed by atoms with Crippen LogP contribution in [0.5, 0.6) is 0 Å². The molecule has 2 rings (SSSR count). The molecular weight excluding hydrogens is 345 g/mol. The zero-order valence-electron chi connectivity index (χ0n) is 14.5. The number of nitrogens with zero attached hydrogens (tertiary/aromatic N) is 2. The third-order valence-electron chi connectivity index (χ3n) is 4.40. The summed E-state index contributed by atoms with van der Waals surface area (Å²) in [7, 11) is 4.08. The summed E-state index contributed by atoms with van der Waals surface area (Å²) in [5.74, 6) is 0.225. The summed E-state index contributed by atoms with van der Waals surface area (Å²) >= 11 is 12.5. The van der Waals surface area contributed by atoms with Crippen LogP contribution in [0.15, 0.2) is 18.2 Å². The van der Waals surface area contributed by atoms with Crippen LogP contribution in [0.4, 0.5) is 0 Å². The minimum atomic E-state index is 0.0550. The van der Waals surface area contributed by atoms with E-state index in [0.29, 0.717) is 16.6 Å². The number of hydrogen-bond acceptors (Lipinski definition) is 3. The molecule has 1 unspecified atom stereocenters. The SMILES string of the molecule is CN(C)CCCNC(=O)C1CCCN(Cc2c(Cl)cccc2Cl)C1. The predicted molar refractivity (Wildman–Crippen MR) is 101 cm³/mol. The summed E-state index contributed by atoms with van der Waals surface area (Å²) in [6, 6.07) is 5.58. The van der Waals surface area contributed by atoms with Crippen molar-refractivity contribution in [1.82, 2.24) is 15.1 Å². The van der Waals surface area contributed by atoms with Crippen molar-refractivity contribution >= 4 is 29.1 Å². The lowest BCUT2D eigenvalue weighted by Crippen LogP contribution is -2.43. The predicted octanol–water partition coefficient (Wildman–Crippen LogP) is 3.27. The molecule has 1 aromatic carbocycles. The first-order chi connectivity index (χ1) is 11.5. The quantitative estimate of drug-likeness (QED) is 0.747. The van der Waals surface area contributed by atoms with Gasteiger partial charge in [-0.2, -0.15) is 0 Å². The third-order valence-corrected chi connectivity index (χ3v) is 5.11. The number of rotatable bonds is 7. The monoisotopic (exact) mass is 371 g/mol. The molecule has 1 amide bonds. The van der Waals surface area contributed by atoms with Gasteiger partial charge in [-0.15, -0.1) is 0 Å². The Morgan fingerprint density at radius 2 is 2.04 bits per heavy atom. The number of carbonyl (C=O) groups is 1. The van der Waals surface area contributed by atoms with Gasteiger partial charge in [-0.3, -0.25) is 9.69 Å². The molecule has 1 heterocycles. The zero-order valence-corrected chi connectivity index (χ0v) is 16.0. The highest BCUT2D eigenvalue weighted by Gasteiger charge is 2.26. The zero-order chi connectivity index (χ0) is 17.5. The van der Waals surface area contributed by atoms with Crippen molar-refractivity contribution in [2.75, 3.05) is 40.3 Å². The van der Waals surface area contributed by atoms with E-state index in [9.17, 15) is 4.79 Å². The van der Waals surface area contributed by atoms with Crippen LogP contribution in [-0.4, -0.2) is 56.0 Å². The van der Waals surface area contributed by atoms with Crippen LogP contribution >= 0.6 is 23.2 Å². The molecule has 1 aromatic rings. The number of carbonyl (C=O) groups excluding carboxylic acids is 1. The fraction of sp³-hybridized carbons (Fsp3) is 0.611. The standard InChI is InChI=1S/C18H27Cl2N3O/c1-22(2)10-5-9-21-18(24)14-6-4-11-23(12-14)13-15-16(19)7-3-8-17(15)20/h3,7-8,14H,4-6,9-13H2,1-2H3,(H,21,24). The Kier molecular flexibility index (Phi) is 7.82. The van der Waals surface area contributed by atoms with Crippen molar-refractivity contribution in [3.8, 4) is 0 Å². The minimum Gasteiger partial charge on any atom is -0.356 e. The maximum atomic E-state index is 12.4. The first-order valence-corrected chi connectivity index (χ1v) is 9.30. The fourth-order valence-corrected chi connectivity index (χ4v) is 3.59. The first kappa shape index (κ1) is 19.5. The van der Waals surface area contributed by atoms with Crippen LogP contribution in [0.2, 0.25) is 10.0 Å². The van der Waals surface area contributed by atoms with Crippen molar-refractivity contribution in [2.45, 2.75) is 25.8 Å². The van der Waals surface area contributed by atoms with Gasteiger partial charge in [-0.05, 0) is 58.6 Å². The van der Waals surface area contributed by atoms with Gasteiger partial charge in [-0.25, -0.2) is 0 Å². The lowest BCUT2D eigenvalue weighted by atomic mass is 9.96. The minimum absolute atomic E-state index is 0.0550. The second kappa shape index (κ2) is 9.62. The van der Waals surface area contributed by atoms with Crippen LogP contribution < -0.4 is 5.32 Å². The topological polar surface area (TPSA) is 35.6 Å². The Bertz CT molecular complexity index is 531. The molecule has 24 heavy (non-hydrogen) atoms. The van der Waals surface area contributed by atoms with Crippen LogP contribution in [0.3, 0.4) is 0 Å². The molecule has 0 radical (unpaired) electrons. The Balaban J connectivity index is 1.84. The molecule has 1 fully saturated rings. The average molecular weight is 372 g/mol. The summed E-state index contributed by atoms with van der Waals surface area (Å²) < 4.78 is 0. The van der Waals surface area contributed by atoms with E-state index in [4.69, 9.17) is 23.2 Å². The fourth-order valence-electron chi connectivity index (χ4n) is 3.07. The van der Waals surface area contributed by atoms with E-state index in [1.165, 1.54) is 0 Å². The number of nitrogens with one attached hydrogen (secondary N) is 1. The molecule has 0 aliphatic carbocycles. The summed E-state index contributed by atoms with van der Waals surface area (Å²) in [6.45, 7) is 4.17. The smallest absolute Gasteiger partial charge is 0.224 e. The van der Waals surface area contributed by atoms with E-state index >= 15 is 0 Å². The van der Waals surface area contributed by atoms with Gasteiger partial charge in [0.05, 0.1) is 5.92 Å². The van der Waals surface area contributed by atoms with Crippen LogP contribution in [0, 0.1) is 5.92 Å². The molecule has 1 atom stereocenters. The van der Waals surface area contributed by atoms with Crippen molar-refractivity contribution in [2.24, 2.45) is 5.92 Å². The van der Waals surface area contributed by atoms with Gasteiger partial charge in [-0.1, -0.05) is 29.3 Å². The maximum Gasteiger partial charge on any atom is 0.224 e. The van der Waals surface area contributed by atoms with Gasteiger partial charge in [0, 0.05) is 35.2 Å². The molecule has 0 aromatic heterocycles. The molecule has 0 spiro atoms. The highest BCUT2D eigenvalue weighted by atomic mass is 35.5. The lowest BCUT2D eigenvalue weighted by Gasteiger charge is -2.32. The molecule has 1 aliphatic rings. The van der Waals surface area contributed by atoms with Crippen LogP contribution in [-0.2, 0) is 11.3 Å². The van der Waals surface area contributed by atoms with Crippen LogP contribution in [0.1, 0.15) is 24.8 Å². The third kappa shape index (κ3) is 5.92. The van der Waals surface area contributed by atoms with E-state index in [2.05, 4.69) is 15.1 Å². The summed E-state index contributed by atoms with van der Waals surface area (Å²) in [6.07, 6.45) is 2.95. The molecule has 1 N–H and O–H groups in total. The maximum absolute atomic E-state index is 12.4. The van der Waals surface area contributed by atoms with Gasteiger partial charge in [0.25, 0.3) is 0 Å². The number of amides is 1. The molecule has 1 saturated heterocycles. The molecule has 0 saturated carbocycles. The Morgan fingerprint density at radius 3 is 2.71 bits per heavy atom. The van der Waals surface area contributed by atoms with E-state index in [1.807, 2.05) is 32.3 Å². The average Bonchev–Trinajstić information content (AvgIpc) is 2.55. The van der Waals surface area contributed by atoms with E-state index in [-0.39, 0.29) is 11.8 Å². The lowest BCUT2D eigenvalue weighted by molar-refractivity contribution is -0.126. The Morgan fingerprint density at radius 1 is 1.33 bits per heavy atom. The number of piperidine rings is 1. The van der Waals surface area contributed by atoms with E-state index < -0.39 is 0 Å². The molecular formula is C18H27Cl2N3O. The van der Waals surface area contributed by atoms with Crippen molar-refractivity contribution in [3.05, 3.63) is 33.8 Å². The summed E-state index contributed by atoms with van der Waals surface area (Å²) in [5, 5.41) is 4.46. The second-order valence-electron chi connectivity index (χ2n) is 6.72. The van der Waals surface area contributed by atoms with Gasteiger partial charge < -0.3 is 10.2 Å². The van der Waals surface area contributed by atoms with Crippen molar-refractivity contribution in [3.63, 3.8) is 0 Å². The van der Waals surface area contributed by atoms with Crippen molar-refractivity contribution in [1.29, 1.82) is 0 Å². The Labute approximate surface area is 155 Å². The van der Waals surface area contributed by atoms with Gasteiger partial charge in [0.1, 0.15) is 0 Å². The first-order valence-electron chi connectivity index (χ1n) is 8.55. The molecule has 4 nitrogen and oxygen atoms in total. The number of likely N-dealkylation sites (tertiary alicyclic amines) is 1. The normalized spacial score (nSPS) is 18.8. The van der Waals surface area contributed by atoms with Gasteiger partial charge >= 0.3 is 0 Å². The molecule has 6 heteroatoms. The molecule has 0 bridgehead atoms. The van der Waals surface area contributed by atoms with Gasteiger partial charge in [0.15, 0.2) is 0 Å². The highest BCUT2D eigenvalue weighted by Crippen LogP contribution is 2.27. The largest absolute Gasteiger partial charge is 0.356 e.